The van der Waals surface area contributed by atoms with Gasteiger partial charge in [-0.15, -0.1) is 0 Å². The molecule has 1 aromatic heterocycles. The molecule has 5 nitrogen and oxygen atoms in total. The van der Waals surface area contributed by atoms with Gasteiger partial charge in [0, 0.05) is 25.6 Å². The van der Waals surface area contributed by atoms with Gasteiger partial charge in [-0.25, -0.2) is 9.07 Å². The standard InChI is InChI=1S/C18H22FN3O2/c1-12(2)17-16(18(24)21-8-7-13(10-21)11-23)9-20-22(17)15-5-3-14(19)4-6-15/h3-6,9,12-13,23H,7-8,10-11H2,1-2H3. The predicted octanol–water partition coefficient (Wildman–Crippen LogP) is 2.59. The van der Waals surface area contributed by atoms with Gasteiger partial charge < -0.3 is 10.0 Å². The number of benzene rings is 1. The molecule has 1 unspecified atom stereocenters. The van der Waals surface area contributed by atoms with E-state index >= 15 is 0 Å². The molecular formula is C18H22FN3O2. The number of hydrogen-bond acceptors (Lipinski definition) is 3. The zero-order valence-corrected chi connectivity index (χ0v) is 13.9. The van der Waals surface area contributed by atoms with Crippen LogP contribution in [0.4, 0.5) is 4.39 Å². The fourth-order valence-corrected chi connectivity index (χ4v) is 3.20. The summed E-state index contributed by atoms with van der Waals surface area (Å²) in [6, 6.07) is 6.07. The Morgan fingerprint density at radius 3 is 2.67 bits per heavy atom. The molecule has 0 spiro atoms. The van der Waals surface area contributed by atoms with Gasteiger partial charge in [0.1, 0.15) is 5.82 Å². The van der Waals surface area contributed by atoms with Crippen LogP contribution < -0.4 is 0 Å². The van der Waals surface area contributed by atoms with Gasteiger partial charge in [0.15, 0.2) is 0 Å². The lowest BCUT2D eigenvalue weighted by Crippen LogP contribution is -2.30. The van der Waals surface area contributed by atoms with Crippen molar-refractivity contribution in [1.82, 2.24) is 14.7 Å². The smallest absolute Gasteiger partial charge is 0.257 e. The number of nitrogens with zero attached hydrogens (tertiary/aromatic N) is 3. The molecule has 3 rings (SSSR count). The minimum absolute atomic E-state index is 0.0528. The molecule has 1 fully saturated rings. The molecule has 128 valence electrons. The molecule has 1 aromatic carbocycles. The molecule has 1 aliphatic rings. The second-order valence-electron chi connectivity index (χ2n) is 6.57. The van der Waals surface area contributed by atoms with Crippen LogP contribution >= 0.6 is 0 Å². The van der Waals surface area contributed by atoms with Crippen molar-refractivity contribution in [2.45, 2.75) is 26.2 Å². The number of aliphatic hydroxyl groups excluding tert-OH is 1. The molecule has 2 aromatic rings. The Morgan fingerprint density at radius 2 is 2.08 bits per heavy atom. The summed E-state index contributed by atoms with van der Waals surface area (Å²) >= 11 is 0. The van der Waals surface area contributed by atoms with Crippen LogP contribution in [0.15, 0.2) is 30.5 Å². The Balaban J connectivity index is 1.94. The summed E-state index contributed by atoms with van der Waals surface area (Å²) in [7, 11) is 0. The SMILES string of the molecule is CC(C)c1c(C(=O)N2CCC(CO)C2)cnn1-c1ccc(F)cc1. The van der Waals surface area contributed by atoms with E-state index < -0.39 is 0 Å². The molecule has 0 radical (unpaired) electrons. The van der Waals surface area contributed by atoms with Gasteiger partial charge in [-0.1, -0.05) is 13.8 Å². The van der Waals surface area contributed by atoms with E-state index in [1.807, 2.05) is 13.8 Å². The summed E-state index contributed by atoms with van der Waals surface area (Å²) in [4.78, 5) is 14.6. The largest absolute Gasteiger partial charge is 0.396 e. The first-order valence-electron chi connectivity index (χ1n) is 8.25. The molecule has 0 saturated carbocycles. The van der Waals surface area contributed by atoms with Crippen molar-refractivity contribution in [1.29, 1.82) is 0 Å². The van der Waals surface area contributed by atoms with E-state index in [1.54, 1.807) is 27.9 Å². The van der Waals surface area contributed by atoms with E-state index in [1.165, 1.54) is 12.1 Å². The Labute approximate surface area is 140 Å². The monoisotopic (exact) mass is 331 g/mol. The van der Waals surface area contributed by atoms with Gasteiger partial charge in [-0.3, -0.25) is 4.79 Å². The van der Waals surface area contributed by atoms with Crippen molar-refractivity contribution in [2.24, 2.45) is 5.92 Å². The highest BCUT2D eigenvalue weighted by Gasteiger charge is 2.30. The van der Waals surface area contributed by atoms with Crippen molar-refractivity contribution in [3.8, 4) is 5.69 Å². The van der Waals surface area contributed by atoms with E-state index in [-0.39, 0.29) is 30.2 Å². The van der Waals surface area contributed by atoms with Crippen LogP contribution in [0.5, 0.6) is 0 Å². The normalized spacial score (nSPS) is 17.7. The van der Waals surface area contributed by atoms with Crippen LogP contribution in [0.1, 0.15) is 42.2 Å². The summed E-state index contributed by atoms with van der Waals surface area (Å²) in [5, 5.41) is 13.6. The van der Waals surface area contributed by atoms with Crippen LogP contribution in [0.3, 0.4) is 0 Å². The van der Waals surface area contributed by atoms with Crippen molar-refractivity contribution in [3.63, 3.8) is 0 Å². The lowest BCUT2D eigenvalue weighted by molar-refractivity contribution is 0.0780. The molecular weight excluding hydrogens is 309 g/mol. The third-order valence-corrected chi connectivity index (χ3v) is 4.49. The number of carbonyl (C=O) groups excluding carboxylic acids is 1. The van der Waals surface area contributed by atoms with Gasteiger partial charge in [-0.2, -0.15) is 5.10 Å². The fourth-order valence-electron chi connectivity index (χ4n) is 3.20. The van der Waals surface area contributed by atoms with Crippen LogP contribution in [-0.2, 0) is 0 Å². The number of likely N-dealkylation sites (tertiary alicyclic amines) is 1. The Morgan fingerprint density at radius 1 is 1.38 bits per heavy atom. The highest BCUT2D eigenvalue weighted by molar-refractivity contribution is 5.95. The maximum Gasteiger partial charge on any atom is 0.257 e. The number of aromatic nitrogens is 2. The van der Waals surface area contributed by atoms with Crippen LogP contribution in [0.25, 0.3) is 5.69 Å². The highest BCUT2D eigenvalue weighted by Crippen LogP contribution is 2.26. The van der Waals surface area contributed by atoms with Gasteiger partial charge in [0.05, 0.1) is 23.1 Å². The molecule has 1 amide bonds. The quantitative estimate of drug-likeness (QED) is 0.937. The second kappa shape index (κ2) is 6.73. The maximum absolute atomic E-state index is 13.2. The molecule has 1 N–H and O–H groups in total. The lowest BCUT2D eigenvalue weighted by Gasteiger charge is -2.18. The minimum Gasteiger partial charge on any atom is -0.396 e. The maximum atomic E-state index is 13.2. The van der Waals surface area contributed by atoms with Crippen molar-refractivity contribution in [2.75, 3.05) is 19.7 Å². The number of aliphatic hydroxyl groups is 1. The number of carbonyl (C=O) groups is 1. The predicted molar refractivity (Wildman–Crippen MR) is 88.7 cm³/mol. The van der Waals surface area contributed by atoms with E-state index in [9.17, 15) is 14.3 Å². The zero-order chi connectivity index (χ0) is 17.3. The molecule has 0 bridgehead atoms. The van der Waals surface area contributed by atoms with Crippen molar-refractivity contribution >= 4 is 5.91 Å². The number of rotatable bonds is 4. The molecule has 1 aliphatic heterocycles. The van der Waals surface area contributed by atoms with Crippen LogP contribution in [0, 0.1) is 11.7 Å². The minimum atomic E-state index is -0.305. The van der Waals surface area contributed by atoms with Gasteiger partial charge >= 0.3 is 0 Å². The summed E-state index contributed by atoms with van der Waals surface area (Å²) < 4.78 is 14.9. The first-order chi connectivity index (χ1) is 11.5. The first kappa shape index (κ1) is 16.6. The summed E-state index contributed by atoms with van der Waals surface area (Å²) in [5.74, 6) is -0.111. The number of amides is 1. The van der Waals surface area contributed by atoms with Gasteiger partial charge in [-0.05, 0) is 36.6 Å². The van der Waals surface area contributed by atoms with E-state index in [4.69, 9.17) is 0 Å². The van der Waals surface area contributed by atoms with E-state index in [0.717, 1.165) is 17.8 Å². The topological polar surface area (TPSA) is 58.4 Å². The molecule has 6 heteroatoms. The van der Waals surface area contributed by atoms with Crippen molar-refractivity contribution in [3.05, 3.63) is 47.5 Å². The molecule has 1 atom stereocenters. The van der Waals surface area contributed by atoms with Crippen LogP contribution in [-0.4, -0.2) is 45.4 Å². The zero-order valence-electron chi connectivity index (χ0n) is 13.9. The first-order valence-corrected chi connectivity index (χ1v) is 8.25. The molecule has 0 aliphatic carbocycles. The van der Waals surface area contributed by atoms with Gasteiger partial charge in [0.2, 0.25) is 0 Å². The second-order valence-corrected chi connectivity index (χ2v) is 6.57. The summed E-state index contributed by atoms with van der Waals surface area (Å²) in [6.07, 6.45) is 2.42. The number of hydrogen-bond donors (Lipinski definition) is 1. The Hall–Kier alpha value is -2.21. The van der Waals surface area contributed by atoms with E-state index in [2.05, 4.69) is 5.10 Å². The fraction of sp³-hybridized carbons (Fsp3) is 0.444. The Kier molecular flexibility index (Phi) is 4.66. The average molecular weight is 331 g/mol. The molecule has 24 heavy (non-hydrogen) atoms. The molecule has 2 heterocycles. The number of halogens is 1. The summed E-state index contributed by atoms with van der Waals surface area (Å²) in [5.41, 5.74) is 2.13. The van der Waals surface area contributed by atoms with Crippen LogP contribution in [0.2, 0.25) is 0 Å². The molecule has 1 saturated heterocycles. The Bertz CT molecular complexity index is 724. The lowest BCUT2D eigenvalue weighted by atomic mass is 10.0. The van der Waals surface area contributed by atoms with E-state index in [0.29, 0.717) is 18.7 Å². The van der Waals surface area contributed by atoms with Gasteiger partial charge in [0.25, 0.3) is 5.91 Å². The summed E-state index contributed by atoms with van der Waals surface area (Å²) in [6.45, 7) is 5.36. The average Bonchev–Trinajstić information content (AvgIpc) is 3.22. The third-order valence-electron chi connectivity index (χ3n) is 4.49. The third kappa shape index (κ3) is 3.06. The highest BCUT2D eigenvalue weighted by atomic mass is 19.1. The van der Waals surface area contributed by atoms with Crippen molar-refractivity contribution < 1.29 is 14.3 Å².